The van der Waals surface area contributed by atoms with Gasteiger partial charge in [0.2, 0.25) is 5.91 Å². The minimum Gasteiger partial charge on any atom is -0.301 e. The molecule has 0 fully saturated rings. The summed E-state index contributed by atoms with van der Waals surface area (Å²) < 4.78 is 3.06. The third-order valence-electron chi connectivity index (χ3n) is 4.32. The average Bonchev–Trinajstić information content (AvgIpc) is 3.36. The maximum atomic E-state index is 12.4. The summed E-state index contributed by atoms with van der Waals surface area (Å²) in [5.74, 6) is 2.66. The third kappa shape index (κ3) is 5.75. The largest absolute Gasteiger partial charge is 0.301 e. The number of para-hydroxylation sites is 1. The molecule has 2 aromatic carbocycles. The Labute approximate surface area is 193 Å². The van der Waals surface area contributed by atoms with E-state index in [1.165, 1.54) is 28.7 Å². The summed E-state index contributed by atoms with van der Waals surface area (Å²) in [7, 11) is 0. The maximum Gasteiger partial charge on any atom is 0.236 e. The van der Waals surface area contributed by atoms with Crippen LogP contribution in [0.2, 0.25) is 0 Å². The molecule has 4 rings (SSSR count). The number of aromatic nitrogens is 4. The predicted molar refractivity (Wildman–Crippen MR) is 131 cm³/mol. The highest BCUT2D eigenvalue weighted by Gasteiger charge is 2.14. The van der Waals surface area contributed by atoms with Crippen LogP contribution in [0.15, 0.2) is 72.4 Å². The van der Waals surface area contributed by atoms with Crippen LogP contribution < -0.4 is 5.32 Å². The highest BCUT2D eigenvalue weighted by atomic mass is 32.2. The van der Waals surface area contributed by atoms with Crippen LogP contribution in [-0.4, -0.2) is 31.4 Å². The summed E-state index contributed by atoms with van der Waals surface area (Å²) in [5.41, 5.74) is 2.17. The molecule has 0 aliphatic heterocycles. The van der Waals surface area contributed by atoms with E-state index >= 15 is 0 Å². The van der Waals surface area contributed by atoms with Crippen LogP contribution in [0, 0.1) is 0 Å². The number of fused-ring (bicyclic) bond motifs is 1. The lowest BCUT2D eigenvalue weighted by Gasteiger charge is -2.07. The second kappa shape index (κ2) is 10.6. The number of nitrogens with one attached hydrogen (secondary N) is 1. The summed E-state index contributed by atoms with van der Waals surface area (Å²) in [6.07, 6.45) is 1.82. The first-order chi connectivity index (χ1) is 15.2. The maximum absolute atomic E-state index is 12.4. The number of hydrogen-bond donors (Lipinski definition) is 1. The Hall–Kier alpha value is -2.62. The van der Waals surface area contributed by atoms with Gasteiger partial charge in [-0.25, -0.2) is 4.98 Å². The van der Waals surface area contributed by atoms with Gasteiger partial charge in [0.15, 0.2) is 10.3 Å². The Bertz CT molecular complexity index is 1140. The number of rotatable bonds is 10. The fourth-order valence-electron chi connectivity index (χ4n) is 2.89. The molecule has 0 unspecified atom stereocenters. The van der Waals surface area contributed by atoms with Crippen molar-refractivity contribution in [3.8, 4) is 0 Å². The monoisotopic (exact) mass is 467 g/mol. The molecule has 9 heteroatoms. The Morgan fingerprint density at radius 1 is 1.10 bits per heavy atom. The number of thiazole rings is 1. The van der Waals surface area contributed by atoms with Gasteiger partial charge >= 0.3 is 0 Å². The Kier molecular flexibility index (Phi) is 7.39. The van der Waals surface area contributed by atoms with Crippen molar-refractivity contribution >= 4 is 56.1 Å². The summed E-state index contributed by atoms with van der Waals surface area (Å²) >= 11 is 4.63. The van der Waals surface area contributed by atoms with Gasteiger partial charge in [-0.3, -0.25) is 4.79 Å². The molecule has 1 amide bonds. The van der Waals surface area contributed by atoms with Gasteiger partial charge in [0.1, 0.15) is 5.82 Å². The number of amides is 1. The van der Waals surface area contributed by atoms with E-state index in [9.17, 15) is 4.79 Å². The van der Waals surface area contributed by atoms with E-state index in [-0.39, 0.29) is 11.7 Å². The topological polar surface area (TPSA) is 72.7 Å². The molecule has 158 valence electrons. The second-order valence-electron chi connectivity index (χ2n) is 6.60. The van der Waals surface area contributed by atoms with E-state index in [1.807, 2.05) is 53.1 Å². The summed E-state index contributed by atoms with van der Waals surface area (Å²) in [5, 5.41) is 12.8. The van der Waals surface area contributed by atoms with Crippen molar-refractivity contribution in [1.82, 2.24) is 19.7 Å². The third-order valence-corrected chi connectivity index (χ3v) is 7.24. The average molecular weight is 468 g/mol. The van der Waals surface area contributed by atoms with E-state index in [2.05, 4.69) is 39.2 Å². The van der Waals surface area contributed by atoms with Crippen LogP contribution >= 0.6 is 34.9 Å². The van der Waals surface area contributed by atoms with Crippen molar-refractivity contribution in [1.29, 1.82) is 0 Å². The van der Waals surface area contributed by atoms with Crippen molar-refractivity contribution in [3.05, 3.63) is 78.6 Å². The van der Waals surface area contributed by atoms with Gasteiger partial charge in [-0.1, -0.05) is 71.6 Å². The standard InChI is InChI=1S/C22H21N5OS3/c1-2-12-27-19(14-29-13-16-8-4-3-5-9-16)25-26-22(27)30-15-20(28)24-21-23-17-10-6-7-11-18(17)31-21/h2-11H,1,12-15H2,(H,23,24,28). The van der Waals surface area contributed by atoms with Crippen molar-refractivity contribution in [2.24, 2.45) is 0 Å². The van der Waals surface area contributed by atoms with E-state index in [4.69, 9.17) is 0 Å². The molecule has 31 heavy (non-hydrogen) atoms. The number of thioether (sulfide) groups is 2. The molecule has 0 saturated heterocycles. The van der Waals surface area contributed by atoms with Gasteiger partial charge < -0.3 is 9.88 Å². The lowest BCUT2D eigenvalue weighted by molar-refractivity contribution is -0.113. The molecule has 0 radical (unpaired) electrons. The molecular formula is C22H21N5OS3. The van der Waals surface area contributed by atoms with Crippen LogP contribution in [-0.2, 0) is 22.8 Å². The van der Waals surface area contributed by atoms with E-state index < -0.39 is 0 Å². The molecule has 6 nitrogen and oxygen atoms in total. The lowest BCUT2D eigenvalue weighted by Crippen LogP contribution is -2.14. The number of anilines is 1. The van der Waals surface area contributed by atoms with Gasteiger partial charge in [-0.05, 0) is 17.7 Å². The number of benzene rings is 2. The Morgan fingerprint density at radius 3 is 2.71 bits per heavy atom. The predicted octanol–water partition coefficient (Wildman–Crippen LogP) is 5.24. The fraction of sp³-hybridized carbons (Fsp3) is 0.182. The SMILES string of the molecule is C=CCn1c(CSCc2ccccc2)nnc1SCC(=O)Nc1nc2ccccc2s1. The molecular weight excluding hydrogens is 446 g/mol. The van der Waals surface area contributed by atoms with Gasteiger partial charge in [-0.15, -0.1) is 28.5 Å². The van der Waals surface area contributed by atoms with E-state index in [0.717, 1.165) is 32.7 Å². The van der Waals surface area contributed by atoms with Crippen LogP contribution in [0.25, 0.3) is 10.2 Å². The first-order valence-corrected chi connectivity index (χ1v) is 12.6. The highest BCUT2D eigenvalue weighted by Crippen LogP contribution is 2.26. The van der Waals surface area contributed by atoms with Gasteiger partial charge in [0, 0.05) is 12.3 Å². The number of allylic oxidation sites excluding steroid dienone is 1. The Morgan fingerprint density at radius 2 is 1.90 bits per heavy atom. The van der Waals surface area contributed by atoms with Crippen molar-refractivity contribution in [2.45, 2.75) is 23.2 Å². The van der Waals surface area contributed by atoms with Crippen molar-refractivity contribution < 1.29 is 4.79 Å². The minimum atomic E-state index is -0.114. The molecule has 0 aliphatic rings. The molecule has 0 spiro atoms. The molecule has 0 saturated carbocycles. The second-order valence-corrected chi connectivity index (χ2v) is 9.56. The van der Waals surface area contributed by atoms with Gasteiger partial charge in [-0.2, -0.15) is 0 Å². The fourth-order valence-corrected chi connectivity index (χ4v) is 5.47. The van der Waals surface area contributed by atoms with Crippen LogP contribution in [0.5, 0.6) is 0 Å². The van der Waals surface area contributed by atoms with Crippen LogP contribution in [0.4, 0.5) is 5.13 Å². The lowest BCUT2D eigenvalue weighted by atomic mass is 10.2. The quantitative estimate of drug-likeness (QED) is 0.254. The van der Waals surface area contributed by atoms with Crippen molar-refractivity contribution in [2.75, 3.05) is 11.1 Å². The number of nitrogens with zero attached hydrogens (tertiary/aromatic N) is 4. The molecule has 2 aromatic heterocycles. The first-order valence-electron chi connectivity index (χ1n) is 9.66. The molecule has 1 N–H and O–H groups in total. The van der Waals surface area contributed by atoms with Crippen LogP contribution in [0.3, 0.4) is 0 Å². The molecule has 2 heterocycles. The van der Waals surface area contributed by atoms with Crippen LogP contribution in [0.1, 0.15) is 11.4 Å². The number of carbonyl (C=O) groups is 1. The molecule has 0 bridgehead atoms. The number of hydrogen-bond acceptors (Lipinski definition) is 7. The zero-order valence-electron chi connectivity index (χ0n) is 16.7. The molecule has 0 atom stereocenters. The summed E-state index contributed by atoms with van der Waals surface area (Å²) in [4.78, 5) is 16.9. The minimum absolute atomic E-state index is 0.114. The zero-order chi connectivity index (χ0) is 21.5. The molecule has 0 aliphatic carbocycles. The van der Waals surface area contributed by atoms with Gasteiger partial charge in [0.25, 0.3) is 0 Å². The zero-order valence-corrected chi connectivity index (χ0v) is 19.2. The smallest absolute Gasteiger partial charge is 0.236 e. The normalized spacial score (nSPS) is 11.0. The van der Waals surface area contributed by atoms with Gasteiger partial charge in [0.05, 0.1) is 21.7 Å². The Balaban J connectivity index is 1.33. The highest BCUT2D eigenvalue weighted by molar-refractivity contribution is 7.99. The van der Waals surface area contributed by atoms with E-state index in [0.29, 0.717) is 11.7 Å². The summed E-state index contributed by atoms with van der Waals surface area (Å²) in [6, 6.07) is 18.2. The van der Waals surface area contributed by atoms with E-state index in [1.54, 1.807) is 11.8 Å². The number of carbonyl (C=O) groups excluding carboxylic acids is 1. The molecule has 4 aromatic rings. The van der Waals surface area contributed by atoms with Crippen molar-refractivity contribution in [3.63, 3.8) is 0 Å². The summed E-state index contributed by atoms with van der Waals surface area (Å²) in [6.45, 7) is 4.45. The first kappa shape index (κ1) is 21.6.